The van der Waals surface area contributed by atoms with Gasteiger partial charge in [0.1, 0.15) is 5.54 Å². The van der Waals surface area contributed by atoms with Gasteiger partial charge in [-0.3, -0.25) is 0 Å². The van der Waals surface area contributed by atoms with Crippen LogP contribution in [0.2, 0.25) is 0 Å². The lowest BCUT2D eigenvalue weighted by Gasteiger charge is -2.33. The molecule has 114 valence electrons. The van der Waals surface area contributed by atoms with Gasteiger partial charge < -0.3 is 20.4 Å². The Kier molecular flexibility index (Phi) is 4.52. The molecule has 3 N–H and O–H groups in total. The molecule has 0 bridgehead atoms. The van der Waals surface area contributed by atoms with Crippen LogP contribution in [0.1, 0.15) is 51.9 Å². The minimum absolute atomic E-state index is 0.261. The highest BCUT2D eigenvalue weighted by Gasteiger charge is 2.46. The van der Waals surface area contributed by atoms with Crippen molar-refractivity contribution in [3.05, 3.63) is 0 Å². The van der Waals surface area contributed by atoms with Crippen LogP contribution in [0.3, 0.4) is 0 Å². The molecular formula is C14H24N2O4. The lowest BCUT2D eigenvalue weighted by molar-refractivity contribution is -0.147. The zero-order valence-electron chi connectivity index (χ0n) is 12.0. The maximum Gasteiger partial charge on any atom is 0.329 e. The number of amides is 2. The molecule has 1 aliphatic carbocycles. The number of hydrogen-bond donors (Lipinski definition) is 3. The number of carboxylic acid groups (broad SMARTS) is 1. The van der Waals surface area contributed by atoms with Gasteiger partial charge in [0.15, 0.2) is 0 Å². The van der Waals surface area contributed by atoms with Crippen molar-refractivity contribution < 1.29 is 19.8 Å². The lowest BCUT2D eigenvalue weighted by atomic mass is 9.99. The first-order chi connectivity index (χ1) is 9.45. The first-order valence-electron chi connectivity index (χ1n) is 7.45. The molecule has 3 unspecified atom stereocenters. The van der Waals surface area contributed by atoms with Crippen molar-refractivity contribution in [3.63, 3.8) is 0 Å². The van der Waals surface area contributed by atoms with E-state index in [9.17, 15) is 19.8 Å². The first kappa shape index (κ1) is 15.1. The number of nitrogens with zero attached hydrogens (tertiary/aromatic N) is 1. The molecule has 2 aliphatic rings. The third kappa shape index (κ3) is 2.90. The van der Waals surface area contributed by atoms with Gasteiger partial charge in [0.25, 0.3) is 0 Å². The van der Waals surface area contributed by atoms with Crippen molar-refractivity contribution in [3.8, 4) is 0 Å². The van der Waals surface area contributed by atoms with Gasteiger partial charge >= 0.3 is 12.0 Å². The number of likely N-dealkylation sites (tertiary alicyclic amines) is 1. The van der Waals surface area contributed by atoms with E-state index in [1.165, 1.54) is 4.90 Å². The summed E-state index contributed by atoms with van der Waals surface area (Å²) in [5.41, 5.74) is -1.13. The Balaban J connectivity index is 2.02. The largest absolute Gasteiger partial charge is 0.480 e. The van der Waals surface area contributed by atoms with Crippen molar-refractivity contribution in [2.75, 3.05) is 6.54 Å². The zero-order chi connectivity index (χ0) is 14.8. The molecule has 20 heavy (non-hydrogen) atoms. The Bertz CT molecular complexity index is 387. The summed E-state index contributed by atoms with van der Waals surface area (Å²) in [5.74, 6) is -0.966. The van der Waals surface area contributed by atoms with Gasteiger partial charge in [-0.15, -0.1) is 0 Å². The van der Waals surface area contributed by atoms with Crippen LogP contribution in [-0.2, 0) is 4.79 Å². The third-order valence-electron chi connectivity index (χ3n) is 4.64. The van der Waals surface area contributed by atoms with Crippen LogP contribution in [0.15, 0.2) is 0 Å². The van der Waals surface area contributed by atoms with Crippen molar-refractivity contribution in [1.29, 1.82) is 0 Å². The number of nitrogens with one attached hydrogen (secondary N) is 1. The molecule has 1 saturated carbocycles. The van der Waals surface area contributed by atoms with Crippen LogP contribution >= 0.6 is 0 Å². The minimum atomic E-state index is -1.13. The number of aliphatic hydroxyl groups excluding tert-OH is 1. The highest BCUT2D eigenvalue weighted by molar-refractivity contribution is 5.86. The van der Waals surface area contributed by atoms with Crippen LogP contribution in [0.5, 0.6) is 0 Å². The highest BCUT2D eigenvalue weighted by Crippen LogP contribution is 2.29. The van der Waals surface area contributed by atoms with E-state index in [1.54, 1.807) is 6.92 Å². The third-order valence-corrected chi connectivity index (χ3v) is 4.64. The number of carbonyl (C=O) groups is 2. The lowest BCUT2D eigenvalue weighted by Crippen LogP contribution is -2.57. The molecule has 1 aliphatic heterocycles. The predicted octanol–water partition coefficient (Wildman–Crippen LogP) is 1.33. The summed E-state index contributed by atoms with van der Waals surface area (Å²) in [4.78, 5) is 25.1. The van der Waals surface area contributed by atoms with E-state index >= 15 is 0 Å². The number of aliphatic hydroxyl groups is 1. The van der Waals surface area contributed by atoms with E-state index in [4.69, 9.17) is 0 Å². The molecule has 2 rings (SSSR count). The average Bonchev–Trinajstić information content (AvgIpc) is 2.69. The molecule has 0 aromatic heterocycles. The average molecular weight is 284 g/mol. The Morgan fingerprint density at radius 3 is 2.60 bits per heavy atom. The van der Waals surface area contributed by atoms with E-state index in [-0.39, 0.29) is 12.1 Å². The fourth-order valence-electron chi connectivity index (χ4n) is 3.20. The maximum atomic E-state index is 12.3. The van der Waals surface area contributed by atoms with Crippen molar-refractivity contribution >= 4 is 12.0 Å². The Labute approximate surface area is 119 Å². The first-order valence-corrected chi connectivity index (χ1v) is 7.45. The molecule has 2 amide bonds. The quantitative estimate of drug-likeness (QED) is 0.667. The SMILES string of the molecule is CC1(C(=O)O)CCCN1C(=O)NC1CCCCCC1O. The molecule has 0 aromatic carbocycles. The molecule has 2 fully saturated rings. The molecule has 3 atom stereocenters. The van der Waals surface area contributed by atoms with Crippen LogP contribution in [0.25, 0.3) is 0 Å². The topological polar surface area (TPSA) is 89.9 Å². The summed E-state index contributed by atoms with van der Waals surface area (Å²) in [6.07, 6.45) is 5.13. The monoisotopic (exact) mass is 284 g/mol. The van der Waals surface area contributed by atoms with E-state index in [2.05, 4.69) is 5.32 Å². The predicted molar refractivity (Wildman–Crippen MR) is 73.4 cm³/mol. The maximum absolute atomic E-state index is 12.3. The number of carbonyl (C=O) groups excluding carboxylic acids is 1. The second-order valence-electron chi connectivity index (χ2n) is 6.10. The number of carboxylic acids is 1. The van der Waals surface area contributed by atoms with Gasteiger partial charge in [0.2, 0.25) is 0 Å². The van der Waals surface area contributed by atoms with Crippen LogP contribution in [0.4, 0.5) is 4.79 Å². The summed E-state index contributed by atoms with van der Waals surface area (Å²) < 4.78 is 0. The fourth-order valence-corrected chi connectivity index (χ4v) is 3.20. The van der Waals surface area contributed by atoms with Crippen molar-refractivity contribution in [1.82, 2.24) is 10.2 Å². The van der Waals surface area contributed by atoms with Gasteiger partial charge in [0.05, 0.1) is 12.1 Å². The molecule has 0 radical (unpaired) electrons. The van der Waals surface area contributed by atoms with Crippen molar-refractivity contribution in [2.45, 2.75) is 69.6 Å². The summed E-state index contributed by atoms with van der Waals surface area (Å²) in [7, 11) is 0. The minimum Gasteiger partial charge on any atom is -0.480 e. The smallest absolute Gasteiger partial charge is 0.329 e. The molecule has 0 aromatic rings. The standard InChI is InChI=1S/C14H24N2O4/c1-14(12(18)19)8-5-9-16(14)13(20)15-10-6-3-2-4-7-11(10)17/h10-11,17H,2-9H2,1H3,(H,15,20)(H,18,19). The second-order valence-corrected chi connectivity index (χ2v) is 6.10. The normalized spacial score (nSPS) is 34.6. The summed E-state index contributed by atoms with van der Waals surface area (Å²) in [6, 6.07) is -0.623. The van der Waals surface area contributed by atoms with E-state index in [1.807, 2.05) is 0 Å². The van der Waals surface area contributed by atoms with E-state index in [0.717, 1.165) is 25.7 Å². The number of hydrogen-bond acceptors (Lipinski definition) is 3. The summed E-state index contributed by atoms with van der Waals surface area (Å²) >= 11 is 0. The Morgan fingerprint density at radius 1 is 1.20 bits per heavy atom. The summed E-state index contributed by atoms with van der Waals surface area (Å²) in [6.45, 7) is 2.04. The Morgan fingerprint density at radius 2 is 1.90 bits per heavy atom. The fraction of sp³-hybridized carbons (Fsp3) is 0.857. The van der Waals surface area contributed by atoms with Crippen LogP contribution < -0.4 is 5.32 Å². The zero-order valence-corrected chi connectivity index (χ0v) is 12.0. The highest BCUT2D eigenvalue weighted by atomic mass is 16.4. The van der Waals surface area contributed by atoms with Gasteiger partial charge in [-0.25, -0.2) is 9.59 Å². The molecular weight excluding hydrogens is 260 g/mol. The van der Waals surface area contributed by atoms with Gasteiger partial charge in [-0.2, -0.15) is 0 Å². The van der Waals surface area contributed by atoms with Crippen LogP contribution in [-0.4, -0.2) is 51.3 Å². The van der Waals surface area contributed by atoms with Gasteiger partial charge in [-0.1, -0.05) is 19.3 Å². The molecule has 6 nitrogen and oxygen atoms in total. The van der Waals surface area contributed by atoms with Crippen LogP contribution in [0, 0.1) is 0 Å². The number of rotatable bonds is 2. The summed E-state index contributed by atoms with van der Waals surface area (Å²) in [5, 5.41) is 22.2. The number of urea groups is 1. The molecule has 6 heteroatoms. The molecule has 1 heterocycles. The van der Waals surface area contributed by atoms with Gasteiger partial charge in [0, 0.05) is 6.54 Å². The van der Waals surface area contributed by atoms with Crippen molar-refractivity contribution in [2.24, 2.45) is 0 Å². The van der Waals surface area contributed by atoms with E-state index < -0.39 is 17.6 Å². The second kappa shape index (κ2) is 5.99. The van der Waals surface area contributed by atoms with E-state index in [0.29, 0.717) is 25.8 Å². The molecule has 0 spiro atoms. The number of aliphatic carboxylic acids is 1. The van der Waals surface area contributed by atoms with Gasteiger partial charge in [-0.05, 0) is 32.6 Å². The Hall–Kier alpha value is -1.30. The molecule has 1 saturated heterocycles.